The van der Waals surface area contributed by atoms with Gasteiger partial charge >= 0.3 is 5.97 Å². The van der Waals surface area contributed by atoms with Gasteiger partial charge in [0, 0.05) is 17.3 Å². The first-order chi connectivity index (χ1) is 9.04. The van der Waals surface area contributed by atoms with Gasteiger partial charge in [-0.05, 0) is 18.2 Å². The molecule has 0 heterocycles. The van der Waals surface area contributed by atoms with Gasteiger partial charge < -0.3 is 15.2 Å². The minimum Gasteiger partial charge on any atom is -0.496 e. The first-order valence-electron chi connectivity index (χ1n) is 5.46. The summed E-state index contributed by atoms with van der Waals surface area (Å²) in [5, 5.41) is 11.6. The molecule has 0 aliphatic rings. The van der Waals surface area contributed by atoms with E-state index in [1.807, 2.05) is 0 Å². The molecule has 0 aliphatic heterocycles. The number of thioether (sulfide) groups is 1. The Bertz CT molecular complexity index is 467. The van der Waals surface area contributed by atoms with Gasteiger partial charge in [0.2, 0.25) is 0 Å². The van der Waals surface area contributed by atoms with Gasteiger partial charge in [-0.15, -0.1) is 11.8 Å². The Labute approximate surface area is 120 Å². The second-order valence-electron chi connectivity index (χ2n) is 3.55. The highest BCUT2D eigenvalue weighted by molar-refractivity contribution is 7.99. The van der Waals surface area contributed by atoms with E-state index in [9.17, 15) is 9.59 Å². The second kappa shape index (κ2) is 7.91. The van der Waals surface area contributed by atoms with Crippen LogP contribution in [-0.4, -0.2) is 42.1 Å². The van der Waals surface area contributed by atoms with Crippen molar-refractivity contribution in [3.8, 4) is 5.75 Å². The molecule has 0 unspecified atom stereocenters. The van der Waals surface area contributed by atoms with Gasteiger partial charge in [0.25, 0.3) is 5.91 Å². The van der Waals surface area contributed by atoms with Crippen LogP contribution in [0.5, 0.6) is 5.75 Å². The fourth-order valence-electron chi connectivity index (χ4n) is 1.35. The quantitative estimate of drug-likeness (QED) is 0.752. The van der Waals surface area contributed by atoms with Crippen LogP contribution in [0, 0.1) is 0 Å². The summed E-state index contributed by atoms with van der Waals surface area (Å²) >= 11 is 7.07. The number of amides is 1. The van der Waals surface area contributed by atoms with Crippen molar-refractivity contribution in [1.82, 2.24) is 5.32 Å². The second-order valence-corrected chi connectivity index (χ2v) is 5.09. The van der Waals surface area contributed by atoms with Crippen molar-refractivity contribution < 1.29 is 19.4 Å². The Balaban J connectivity index is 2.49. The topological polar surface area (TPSA) is 75.6 Å². The first-order valence-corrected chi connectivity index (χ1v) is 6.99. The maximum atomic E-state index is 11.9. The number of aliphatic carboxylic acids is 1. The van der Waals surface area contributed by atoms with Crippen molar-refractivity contribution in [3.05, 3.63) is 28.8 Å². The number of hydrogen-bond acceptors (Lipinski definition) is 4. The monoisotopic (exact) mass is 303 g/mol. The number of ether oxygens (including phenoxy) is 1. The number of carbonyl (C=O) groups is 2. The predicted octanol–water partition coefficient (Wildman–Crippen LogP) is 1.90. The predicted molar refractivity (Wildman–Crippen MR) is 75.3 cm³/mol. The van der Waals surface area contributed by atoms with Gasteiger partial charge in [-0.2, -0.15) is 0 Å². The number of methoxy groups -OCH3 is 1. The zero-order valence-electron chi connectivity index (χ0n) is 10.3. The molecular weight excluding hydrogens is 290 g/mol. The van der Waals surface area contributed by atoms with E-state index in [-0.39, 0.29) is 11.7 Å². The standard InChI is InChI=1S/C12H14ClNO4S/c1-18-10-3-2-8(13)6-9(10)12(17)14-4-5-19-7-11(15)16/h2-3,6H,4-5,7H2,1H3,(H,14,17)(H,15,16). The van der Waals surface area contributed by atoms with Crippen molar-refractivity contribution in [1.29, 1.82) is 0 Å². The minimum atomic E-state index is -0.868. The molecule has 0 bridgehead atoms. The van der Waals surface area contributed by atoms with Crippen LogP contribution in [-0.2, 0) is 4.79 Å². The molecule has 0 saturated heterocycles. The number of nitrogens with one attached hydrogen (secondary N) is 1. The third-order valence-electron chi connectivity index (χ3n) is 2.16. The summed E-state index contributed by atoms with van der Waals surface area (Å²) < 4.78 is 5.08. The van der Waals surface area contributed by atoms with Crippen molar-refractivity contribution in [3.63, 3.8) is 0 Å². The van der Waals surface area contributed by atoms with E-state index in [0.29, 0.717) is 28.6 Å². The Hall–Kier alpha value is -1.40. The van der Waals surface area contributed by atoms with E-state index in [0.717, 1.165) is 0 Å². The summed E-state index contributed by atoms with van der Waals surface area (Å²) in [5.41, 5.74) is 0.359. The van der Waals surface area contributed by atoms with Gasteiger partial charge in [-0.1, -0.05) is 11.6 Å². The average Bonchev–Trinajstić information content (AvgIpc) is 2.37. The lowest BCUT2D eigenvalue weighted by Crippen LogP contribution is -2.26. The molecule has 104 valence electrons. The van der Waals surface area contributed by atoms with Crippen molar-refractivity contribution in [2.75, 3.05) is 25.2 Å². The molecule has 0 atom stereocenters. The lowest BCUT2D eigenvalue weighted by Gasteiger charge is -2.09. The number of carboxylic acids is 1. The smallest absolute Gasteiger partial charge is 0.313 e. The third kappa shape index (κ3) is 5.40. The van der Waals surface area contributed by atoms with E-state index in [1.54, 1.807) is 12.1 Å². The summed E-state index contributed by atoms with van der Waals surface area (Å²) in [6.45, 7) is 0.381. The van der Waals surface area contributed by atoms with Crippen molar-refractivity contribution >= 4 is 35.2 Å². The molecule has 2 N–H and O–H groups in total. The molecular formula is C12H14ClNO4S. The fraction of sp³-hybridized carbons (Fsp3) is 0.333. The zero-order valence-corrected chi connectivity index (χ0v) is 11.9. The highest BCUT2D eigenvalue weighted by atomic mass is 35.5. The molecule has 0 aromatic heterocycles. The van der Waals surface area contributed by atoms with Crippen molar-refractivity contribution in [2.45, 2.75) is 0 Å². The number of halogens is 1. The van der Waals surface area contributed by atoms with Crippen LogP contribution in [0.4, 0.5) is 0 Å². The van der Waals surface area contributed by atoms with E-state index in [4.69, 9.17) is 21.4 Å². The SMILES string of the molecule is COc1ccc(Cl)cc1C(=O)NCCSCC(=O)O. The Morgan fingerprint density at radius 1 is 1.47 bits per heavy atom. The number of benzene rings is 1. The van der Waals surface area contributed by atoms with Crippen LogP contribution in [0.1, 0.15) is 10.4 Å². The molecule has 7 heteroatoms. The molecule has 1 aromatic rings. The maximum absolute atomic E-state index is 11.9. The number of rotatable bonds is 7. The Morgan fingerprint density at radius 2 is 2.21 bits per heavy atom. The largest absolute Gasteiger partial charge is 0.496 e. The number of carboxylic acid groups (broad SMARTS) is 1. The third-order valence-corrected chi connectivity index (χ3v) is 3.34. The lowest BCUT2D eigenvalue weighted by molar-refractivity contribution is -0.133. The molecule has 19 heavy (non-hydrogen) atoms. The van der Waals surface area contributed by atoms with E-state index in [1.165, 1.54) is 24.9 Å². The molecule has 0 aliphatic carbocycles. The maximum Gasteiger partial charge on any atom is 0.313 e. The molecule has 0 spiro atoms. The van der Waals surface area contributed by atoms with Gasteiger partial charge in [-0.25, -0.2) is 0 Å². The molecule has 1 aromatic carbocycles. The normalized spacial score (nSPS) is 10.0. The van der Waals surface area contributed by atoms with Gasteiger partial charge in [0.1, 0.15) is 5.75 Å². The van der Waals surface area contributed by atoms with Crippen LogP contribution in [0.15, 0.2) is 18.2 Å². The molecule has 0 saturated carbocycles. The molecule has 1 amide bonds. The lowest BCUT2D eigenvalue weighted by atomic mass is 10.2. The molecule has 5 nitrogen and oxygen atoms in total. The van der Waals surface area contributed by atoms with Crippen LogP contribution in [0.2, 0.25) is 5.02 Å². The summed E-state index contributed by atoms with van der Waals surface area (Å²) in [7, 11) is 1.47. The van der Waals surface area contributed by atoms with Gasteiger partial charge in [0.05, 0.1) is 18.4 Å². The van der Waals surface area contributed by atoms with Crippen LogP contribution in [0.3, 0.4) is 0 Å². The van der Waals surface area contributed by atoms with Crippen molar-refractivity contribution in [2.24, 2.45) is 0 Å². The van der Waals surface area contributed by atoms with Crippen LogP contribution >= 0.6 is 23.4 Å². The summed E-state index contributed by atoms with van der Waals surface area (Å²) in [5.74, 6) is -0.166. The fourth-order valence-corrected chi connectivity index (χ4v) is 2.09. The highest BCUT2D eigenvalue weighted by Crippen LogP contribution is 2.22. The molecule has 0 radical (unpaired) electrons. The van der Waals surface area contributed by atoms with Gasteiger partial charge in [-0.3, -0.25) is 9.59 Å². The Morgan fingerprint density at radius 3 is 2.84 bits per heavy atom. The van der Waals surface area contributed by atoms with E-state index >= 15 is 0 Å². The Kier molecular flexibility index (Phi) is 6.52. The summed E-state index contributed by atoms with van der Waals surface area (Å²) in [6.07, 6.45) is 0. The first kappa shape index (κ1) is 15.7. The summed E-state index contributed by atoms with van der Waals surface area (Å²) in [4.78, 5) is 22.2. The minimum absolute atomic E-state index is 0.0242. The van der Waals surface area contributed by atoms with E-state index < -0.39 is 5.97 Å². The van der Waals surface area contributed by atoms with E-state index in [2.05, 4.69) is 5.32 Å². The number of hydrogen-bond donors (Lipinski definition) is 2. The average molecular weight is 304 g/mol. The molecule has 0 fully saturated rings. The molecule has 1 rings (SSSR count). The zero-order chi connectivity index (χ0) is 14.3. The van der Waals surface area contributed by atoms with Crippen LogP contribution < -0.4 is 10.1 Å². The number of carbonyl (C=O) groups excluding carboxylic acids is 1. The van der Waals surface area contributed by atoms with Gasteiger partial charge in [0.15, 0.2) is 0 Å². The van der Waals surface area contributed by atoms with Crippen LogP contribution in [0.25, 0.3) is 0 Å². The highest BCUT2D eigenvalue weighted by Gasteiger charge is 2.12. The summed E-state index contributed by atoms with van der Waals surface area (Å²) in [6, 6.07) is 4.79.